The molecule has 0 aliphatic heterocycles. The third kappa shape index (κ3) is 5.03. The summed E-state index contributed by atoms with van der Waals surface area (Å²) in [4.78, 5) is 23.8. The Kier molecular flexibility index (Phi) is 6.86. The van der Waals surface area contributed by atoms with Gasteiger partial charge < -0.3 is 22.5 Å². The number of fused-ring (bicyclic) bond motifs is 2. The summed E-state index contributed by atoms with van der Waals surface area (Å²) in [6.07, 6.45) is 1.85. The van der Waals surface area contributed by atoms with Gasteiger partial charge in [-0.25, -0.2) is 4.39 Å². The molecule has 35 heavy (non-hydrogen) atoms. The number of primary amides is 2. The minimum absolute atomic E-state index is 0.182. The standard InChI is InChI=1S/C27H30FN5O2/c1-16(29)14-27(33-15-32-22-8-6-21(28)7-9-22)23-10-4-19(25(30)34)12-17(23)2-3-18-13-20(26(31)35)5-11-24(18)27/h4-13,16,32-33H,2-3,14-15,29H2,1H3,(H2,30,34)(H2,31,35)/t16-/m1/s1. The van der Waals surface area contributed by atoms with Crippen molar-refractivity contribution < 1.29 is 14.0 Å². The number of carbonyl (C=O) groups excluding carboxylic acids is 2. The molecule has 1 atom stereocenters. The molecule has 0 bridgehead atoms. The number of nitrogens with one attached hydrogen (secondary N) is 2. The van der Waals surface area contributed by atoms with Crippen molar-refractivity contribution in [1.82, 2.24) is 5.32 Å². The van der Waals surface area contributed by atoms with Crippen LogP contribution in [-0.4, -0.2) is 24.5 Å². The highest BCUT2D eigenvalue weighted by Crippen LogP contribution is 2.41. The zero-order valence-electron chi connectivity index (χ0n) is 19.6. The molecule has 8 heteroatoms. The highest BCUT2D eigenvalue weighted by atomic mass is 19.1. The lowest BCUT2D eigenvalue weighted by molar-refractivity contribution is 0.0991. The van der Waals surface area contributed by atoms with Crippen molar-refractivity contribution in [2.24, 2.45) is 17.2 Å². The van der Waals surface area contributed by atoms with E-state index in [-0.39, 0.29) is 11.9 Å². The number of rotatable bonds is 8. The fourth-order valence-electron chi connectivity index (χ4n) is 4.99. The van der Waals surface area contributed by atoms with E-state index in [1.165, 1.54) is 12.1 Å². The van der Waals surface area contributed by atoms with Gasteiger partial charge in [-0.15, -0.1) is 0 Å². The predicted molar refractivity (Wildman–Crippen MR) is 134 cm³/mol. The molecular weight excluding hydrogens is 445 g/mol. The molecule has 4 rings (SSSR count). The van der Waals surface area contributed by atoms with Crippen molar-refractivity contribution in [2.45, 2.75) is 37.8 Å². The van der Waals surface area contributed by atoms with Crippen LogP contribution >= 0.6 is 0 Å². The van der Waals surface area contributed by atoms with Gasteiger partial charge in [0.05, 0.1) is 12.2 Å². The Morgan fingerprint density at radius 3 is 1.89 bits per heavy atom. The molecule has 0 aromatic heterocycles. The summed E-state index contributed by atoms with van der Waals surface area (Å²) in [5.74, 6) is -1.29. The van der Waals surface area contributed by atoms with E-state index in [1.807, 2.05) is 31.2 Å². The summed E-state index contributed by atoms with van der Waals surface area (Å²) in [6, 6.07) is 16.9. The zero-order chi connectivity index (χ0) is 25.2. The summed E-state index contributed by atoms with van der Waals surface area (Å²) in [6.45, 7) is 2.29. The first-order valence-electron chi connectivity index (χ1n) is 11.6. The van der Waals surface area contributed by atoms with Crippen LogP contribution < -0.4 is 27.8 Å². The largest absolute Gasteiger partial charge is 0.372 e. The SMILES string of the molecule is C[C@@H](N)CC1(NCNc2ccc(F)cc2)c2ccc(C(N)=O)cc2CCc2cc(C(N)=O)ccc21. The molecule has 0 heterocycles. The van der Waals surface area contributed by atoms with Crippen LogP contribution in [0.4, 0.5) is 10.1 Å². The van der Waals surface area contributed by atoms with Gasteiger partial charge in [0.2, 0.25) is 11.8 Å². The summed E-state index contributed by atoms with van der Waals surface area (Å²) in [7, 11) is 0. The van der Waals surface area contributed by atoms with E-state index >= 15 is 0 Å². The van der Waals surface area contributed by atoms with E-state index in [4.69, 9.17) is 17.2 Å². The summed E-state index contributed by atoms with van der Waals surface area (Å²) < 4.78 is 13.3. The molecule has 7 nitrogen and oxygen atoms in total. The molecule has 3 aromatic rings. The molecule has 1 aliphatic rings. The molecule has 0 radical (unpaired) electrons. The Morgan fingerprint density at radius 1 is 0.914 bits per heavy atom. The summed E-state index contributed by atoms with van der Waals surface area (Å²) in [5, 5.41) is 6.95. The van der Waals surface area contributed by atoms with E-state index in [9.17, 15) is 14.0 Å². The summed E-state index contributed by atoms with van der Waals surface area (Å²) in [5.41, 5.74) is 22.4. The molecule has 3 aromatic carbocycles. The average Bonchev–Trinajstić information content (AvgIpc) is 2.94. The maximum atomic E-state index is 13.3. The van der Waals surface area contributed by atoms with E-state index in [0.29, 0.717) is 37.1 Å². The fourth-order valence-corrected chi connectivity index (χ4v) is 4.99. The van der Waals surface area contributed by atoms with Gasteiger partial charge in [0.15, 0.2) is 0 Å². The second-order valence-corrected chi connectivity index (χ2v) is 9.10. The van der Waals surface area contributed by atoms with Gasteiger partial charge in [0.25, 0.3) is 0 Å². The first-order chi connectivity index (χ1) is 16.7. The van der Waals surface area contributed by atoms with E-state index < -0.39 is 17.4 Å². The van der Waals surface area contributed by atoms with Crippen molar-refractivity contribution in [3.05, 3.63) is 99.9 Å². The van der Waals surface area contributed by atoms with Crippen LogP contribution in [0.25, 0.3) is 0 Å². The minimum Gasteiger partial charge on any atom is -0.372 e. The van der Waals surface area contributed by atoms with Gasteiger partial charge in [-0.05, 0) is 97.0 Å². The van der Waals surface area contributed by atoms with Gasteiger partial charge in [-0.1, -0.05) is 12.1 Å². The van der Waals surface area contributed by atoms with E-state index in [1.54, 1.807) is 24.3 Å². The number of nitrogens with two attached hydrogens (primary N) is 3. The van der Waals surface area contributed by atoms with Crippen molar-refractivity contribution in [2.75, 3.05) is 12.0 Å². The second-order valence-electron chi connectivity index (χ2n) is 9.10. The Hall–Kier alpha value is -3.75. The highest BCUT2D eigenvalue weighted by molar-refractivity contribution is 5.94. The lowest BCUT2D eigenvalue weighted by Gasteiger charge is -2.39. The van der Waals surface area contributed by atoms with Crippen LogP contribution in [-0.2, 0) is 18.4 Å². The van der Waals surface area contributed by atoms with Crippen LogP contribution in [0.1, 0.15) is 56.3 Å². The normalized spacial score (nSPS) is 14.8. The molecule has 0 fully saturated rings. The van der Waals surface area contributed by atoms with Crippen LogP contribution in [0.5, 0.6) is 0 Å². The number of benzene rings is 3. The van der Waals surface area contributed by atoms with Crippen molar-refractivity contribution in [3.63, 3.8) is 0 Å². The lowest BCUT2D eigenvalue weighted by Crippen LogP contribution is -2.49. The van der Waals surface area contributed by atoms with Crippen molar-refractivity contribution in [1.29, 1.82) is 0 Å². The Morgan fingerprint density at radius 2 is 1.43 bits per heavy atom. The van der Waals surface area contributed by atoms with Gasteiger partial charge in [-0.3, -0.25) is 14.9 Å². The zero-order valence-corrected chi connectivity index (χ0v) is 19.6. The van der Waals surface area contributed by atoms with Crippen LogP contribution in [0.15, 0.2) is 60.7 Å². The second kappa shape index (κ2) is 9.85. The number of carbonyl (C=O) groups is 2. The molecule has 0 spiro atoms. The number of halogens is 1. The lowest BCUT2D eigenvalue weighted by atomic mass is 9.75. The number of aryl methyl sites for hydroxylation is 2. The van der Waals surface area contributed by atoms with Crippen LogP contribution in [0.2, 0.25) is 0 Å². The third-order valence-corrected chi connectivity index (χ3v) is 6.52. The Balaban J connectivity index is 1.84. The number of amides is 2. The highest BCUT2D eigenvalue weighted by Gasteiger charge is 2.40. The molecule has 1 aliphatic carbocycles. The van der Waals surface area contributed by atoms with Crippen molar-refractivity contribution in [3.8, 4) is 0 Å². The Bertz CT molecular complexity index is 1190. The van der Waals surface area contributed by atoms with Crippen molar-refractivity contribution >= 4 is 17.5 Å². The number of hydrogen-bond acceptors (Lipinski definition) is 5. The van der Waals surface area contributed by atoms with Crippen LogP contribution in [0, 0.1) is 5.82 Å². The monoisotopic (exact) mass is 475 g/mol. The maximum absolute atomic E-state index is 13.3. The number of hydrogen-bond donors (Lipinski definition) is 5. The van der Waals surface area contributed by atoms with Gasteiger partial charge in [0, 0.05) is 22.9 Å². The minimum atomic E-state index is -0.727. The molecular formula is C27H30FN5O2. The van der Waals surface area contributed by atoms with Gasteiger partial charge in [-0.2, -0.15) is 0 Å². The smallest absolute Gasteiger partial charge is 0.248 e. The Labute approximate surface area is 203 Å². The average molecular weight is 476 g/mol. The van der Waals surface area contributed by atoms with E-state index in [2.05, 4.69) is 10.6 Å². The molecule has 2 amide bonds. The third-order valence-electron chi connectivity index (χ3n) is 6.52. The maximum Gasteiger partial charge on any atom is 0.248 e. The fraction of sp³-hybridized carbons (Fsp3) is 0.259. The van der Waals surface area contributed by atoms with Gasteiger partial charge in [0.1, 0.15) is 5.82 Å². The van der Waals surface area contributed by atoms with E-state index in [0.717, 1.165) is 27.9 Å². The van der Waals surface area contributed by atoms with Gasteiger partial charge >= 0.3 is 0 Å². The predicted octanol–water partition coefficient (Wildman–Crippen LogP) is 2.76. The molecule has 182 valence electrons. The molecule has 8 N–H and O–H groups in total. The molecule has 0 saturated heterocycles. The number of anilines is 1. The quantitative estimate of drug-likeness (QED) is 0.319. The molecule has 0 unspecified atom stereocenters. The first kappa shape index (κ1) is 24.4. The molecule has 0 saturated carbocycles. The first-order valence-corrected chi connectivity index (χ1v) is 11.6. The van der Waals surface area contributed by atoms with Crippen LogP contribution in [0.3, 0.4) is 0 Å². The summed E-state index contributed by atoms with van der Waals surface area (Å²) >= 11 is 0. The topological polar surface area (TPSA) is 136 Å².